The van der Waals surface area contributed by atoms with E-state index in [4.69, 9.17) is 14.2 Å². The molecule has 0 aliphatic carbocycles. The summed E-state index contributed by atoms with van der Waals surface area (Å²) in [7, 11) is 0. The summed E-state index contributed by atoms with van der Waals surface area (Å²) < 4.78 is 16.1. The first-order valence-corrected chi connectivity index (χ1v) is 7.09. The Morgan fingerprint density at radius 1 is 1.00 bits per heavy atom. The van der Waals surface area contributed by atoms with Gasteiger partial charge in [-0.2, -0.15) is 0 Å². The summed E-state index contributed by atoms with van der Waals surface area (Å²) in [6.07, 6.45) is 1.36. The largest absolute Gasteiger partial charge is 0.494 e. The van der Waals surface area contributed by atoms with Gasteiger partial charge in [-0.15, -0.1) is 0 Å². The van der Waals surface area contributed by atoms with Gasteiger partial charge in [0, 0.05) is 19.4 Å². The van der Waals surface area contributed by atoms with E-state index in [9.17, 15) is 4.79 Å². The van der Waals surface area contributed by atoms with Gasteiger partial charge in [-0.1, -0.05) is 24.6 Å². The summed E-state index contributed by atoms with van der Waals surface area (Å²) in [6, 6.07) is 7.99. The second-order valence-corrected chi connectivity index (χ2v) is 4.57. The van der Waals surface area contributed by atoms with Crippen LogP contribution in [0, 0.1) is 6.92 Å². The first-order valence-electron chi connectivity index (χ1n) is 7.09. The van der Waals surface area contributed by atoms with E-state index in [1.54, 1.807) is 0 Å². The lowest BCUT2D eigenvalue weighted by Crippen LogP contribution is -2.12. The van der Waals surface area contributed by atoms with Crippen LogP contribution in [-0.4, -0.2) is 38.8 Å². The predicted octanol–water partition coefficient (Wildman–Crippen LogP) is 2.78. The molecule has 4 nitrogen and oxygen atoms in total. The third-order valence-electron chi connectivity index (χ3n) is 2.75. The summed E-state index contributed by atoms with van der Waals surface area (Å²) in [6.45, 7) is 6.32. The molecule has 0 spiro atoms. The van der Waals surface area contributed by atoms with Crippen molar-refractivity contribution in [2.75, 3.05) is 33.0 Å². The number of carbonyl (C=O) groups excluding carboxylic acids is 1. The number of carbonyl (C=O) groups is 1. The van der Waals surface area contributed by atoms with Crippen LogP contribution in [0.1, 0.15) is 25.3 Å². The summed E-state index contributed by atoms with van der Waals surface area (Å²) in [5.41, 5.74) is 1.22. The van der Waals surface area contributed by atoms with E-state index in [0.29, 0.717) is 32.8 Å². The zero-order valence-corrected chi connectivity index (χ0v) is 12.4. The normalized spacial score (nSPS) is 10.5. The van der Waals surface area contributed by atoms with Crippen LogP contribution in [0.5, 0.6) is 5.75 Å². The van der Waals surface area contributed by atoms with Crippen molar-refractivity contribution in [1.29, 1.82) is 0 Å². The molecule has 1 rings (SSSR count). The molecule has 20 heavy (non-hydrogen) atoms. The Kier molecular flexibility index (Phi) is 8.67. The highest BCUT2D eigenvalue weighted by molar-refractivity contribution is 5.79. The van der Waals surface area contributed by atoms with E-state index in [1.807, 2.05) is 38.1 Å². The molecule has 0 fully saturated rings. The highest BCUT2D eigenvalue weighted by atomic mass is 16.5. The monoisotopic (exact) mass is 280 g/mol. The van der Waals surface area contributed by atoms with Crippen LogP contribution < -0.4 is 4.74 Å². The van der Waals surface area contributed by atoms with Gasteiger partial charge in [-0.05, 0) is 19.1 Å². The van der Waals surface area contributed by atoms with Crippen molar-refractivity contribution in [3.8, 4) is 5.75 Å². The van der Waals surface area contributed by atoms with Gasteiger partial charge >= 0.3 is 0 Å². The lowest BCUT2D eigenvalue weighted by molar-refractivity contribution is -0.123. The van der Waals surface area contributed by atoms with E-state index in [2.05, 4.69) is 0 Å². The fraction of sp³-hybridized carbons (Fsp3) is 0.562. The van der Waals surface area contributed by atoms with E-state index in [0.717, 1.165) is 12.2 Å². The van der Waals surface area contributed by atoms with Crippen molar-refractivity contribution < 1.29 is 19.0 Å². The third kappa shape index (κ3) is 7.92. The molecule has 1 aromatic carbocycles. The van der Waals surface area contributed by atoms with Crippen LogP contribution >= 0.6 is 0 Å². The number of rotatable bonds is 11. The smallest absolute Gasteiger partial charge is 0.158 e. The molecule has 0 unspecified atom stereocenters. The van der Waals surface area contributed by atoms with E-state index in [1.165, 1.54) is 5.56 Å². The van der Waals surface area contributed by atoms with E-state index >= 15 is 0 Å². The highest BCUT2D eigenvalue weighted by Crippen LogP contribution is 2.11. The van der Waals surface area contributed by atoms with Crippen LogP contribution in [0.3, 0.4) is 0 Å². The van der Waals surface area contributed by atoms with Crippen LogP contribution in [0.25, 0.3) is 0 Å². The van der Waals surface area contributed by atoms with Gasteiger partial charge < -0.3 is 14.2 Å². The minimum absolute atomic E-state index is 0.122. The summed E-state index contributed by atoms with van der Waals surface area (Å²) in [5.74, 6) is 1.01. The number of Topliss-reactive ketones (excluding diaryl/α,β-unsaturated/α-hetero) is 1. The molecule has 0 aliphatic rings. The van der Waals surface area contributed by atoms with Gasteiger partial charge in [0.25, 0.3) is 0 Å². The molecule has 0 aromatic heterocycles. The van der Waals surface area contributed by atoms with Gasteiger partial charge in [-0.25, -0.2) is 0 Å². The topological polar surface area (TPSA) is 44.8 Å². The SMILES string of the molecule is CCC(=O)COCCOCCCOc1ccc(C)cc1. The summed E-state index contributed by atoms with van der Waals surface area (Å²) in [4.78, 5) is 11.0. The Morgan fingerprint density at radius 2 is 1.70 bits per heavy atom. The second kappa shape index (κ2) is 10.4. The molecule has 0 bridgehead atoms. The Bertz CT molecular complexity index is 373. The molecule has 0 radical (unpaired) electrons. The van der Waals surface area contributed by atoms with E-state index in [-0.39, 0.29) is 12.4 Å². The van der Waals surface area contributed by atoms with Crippen molar-refractivity contribution in [2.45, 2.75) is 26.7 Å². The highest BCUT2D eigenvalue weighted by Gasteiger charge is 1.97. The Hall–Kier alpha value is -1.39. The van der Waals surface area contributed by atoms with Crippen molar-refractivity contribution in [2.24, 2.45) is 0 Å². The average molecular weight is 280 g/mol. The molecular weight excluding hydrogens is 256 g/mol. The van der Waals surface area contributed by atoms with Gasteiger partial charge in [0.05, 0.1) is 19.8 Å². The number of benzene rings is 1. The number of ketones is 1. The molecule has 0 amide bonds. The lowest BCUT2D eigenvalue weighted by atomic mass is 10.2. The first kappa shape index (κ1) is 16.7. The van der Waals surface area contributed by atoms with Gasteiger partial charge in [-0.3, -0.25) is 4.79 Å². The number of hydrogen-bond donors (Lipinski definition) is 0. The number of ether oxygens (including phenoxy) is 3. The molecule has 4 heteroatoms. The first-order chi connectivity index (χ1) is 9.72. The number of hydrogen-bond acceptors (Lipinski definition) is 4. The standard InChI is InChI=1S/C16H24O4/c1-3-15(17)13-19-12-11-18-9-4-10-20-16-7-5-14(2)6-8-16/h5-8H,3-4,9-13H2,1-2H3. The van der Waals surface area contributed by atoms with Crippen molar-refractivity contribution >= 4 is 5.78 Å². The van der Waals surface area contributed by atoms with Crippen LogP contribution in [0.2, 0.25) is 0 Å². The minimum Gasteiger partial charge on any atom is -0.494 e. The molecule has 0 saturated carbocycles. The molecular formula is C16H24O4. The van der Waals surface area contributed by atoms with Crippen LogP contribution in [0.4, 0.5) is 0 Å². The molecule has 0 N–H and O–H groups in total. The van der Waals surface area contributed by atoms with E-state index < -0.39 is 0 Å². The zero-order valence-electron chi connectivity index (χ0n) is 12.4. The maximum absolute atomic E-state index is 11.0. The summed E-state index contributed by atoms with van der Waals surface area (Å²) in [5, 5.41) is 0. The Balaban J connectivity index is 1.90. The van der Waals surface area contributed by atoms with Crippen molar-refractivity contribution in [3.63, 3.8) is 0 Å². The number of aryl methyl sites for hydroxylation is 1. The molecule has 0 atom stereocenters. The molecule has 0 heterocycles. The molecule has 112 valence electrons. The maximum Gasteiger partial charge on any atom is 0.158 e. The Morgan fingerprint density at radius 3 is 2.40 bits per heavy atom. The minimum atomic E-state index is 0.122. The molecule has 1 aromatic rings. The van der Waals surface area contributed by atoms with Crippen molar-refractivity contribution in [3.05, 3.63) is 29.8 Å². The fourth-order valence-corrected chi connectivity index (χ4v) is 1.49. The molecule has 0 saturated heterocycles. The van der Waals surface area contributed by atoms with Crippen LogP contribution in [-0.2, 0) is 14.3 Å². The summed E-state index contributed by atoms with van der Waals surface area (Å²) >= 11 is 0. The van der Waals surface area contributed by atoms with Crippen molar-refractivity contribution in [1.82, 2.24) is 0 Å². The lowest BCUT2D eigenvalue weighted by Gasteiger charge is -2.07. The Labute approximate surface area is 121 Å². The van der Waals surface area contributed by atoms with Gasteiger partial charge in [0.1, 0.15) is 12.4 Å². The average Bonchev–Trinajstić information content (AvgIpc) is 2.47. The predicted molar refractivity (Wildman–Crippen MR) is 78.2 cm³/mol. The maximum atomic E-state index is 11.0. The molecule has 0 aliphatic heterocycles. The van der Waals surface area contributed by atoms with Gasteiger partial charge in [0.2, 0.25) is 0 Å². The fourth-order valence-electron chi connectivity index (χ4n) is 1.49. The van der Waals surface area contributed by atoms with Gasteiger partial charge in [0.15, 0.2) is 5.78 Å². The zero-order chi connectivity index (χ0) is 14.6. The second-order valence-electron chi connectivity index (χ2n) is 4.57. The van der Waals surface area contributed by atoms with Crippen LogP contribution in [0.15, 0.2) is 24.3 Å². The third-order valence-corrected chi connectivity index (χ3v) is 2.75. The quantitative estimate of drug-likeness (QED) is 0.585.